The van der Waals surface area contributed by atoms with E-state index in [-0.39, 0.29) is 18.1 Å². The highest BCUT2D eigenvalue weighted by molar-refractivity contribution is 5.94. The molecule has 0 bridgehead atoms. The first-order valence-corrected chi connectivity index (χ1v) is 4.54. The Kier molecular flexibility index (Phi) is 5.44. The van der Waals surface area contributed by atoms with E-state index >= 15 is 0 Å². The molecule has 0 spiro atoms. The highest BCUT2D eigenvalue weighted by Gasteiger charge is 2.29. The van der Waals surface area contributed by atoms with Crippen LogP contribution in [0.5, 0.6) is 0 Å². The number of alkyl halides is 3. The van der Waals surface area contributed by atoms with Crippen molar-refractivity contribution in [3.8, 4) is 0 Å². The lowest BCUT2D eigenvalue weighted by Gasteiger charge is -2.09. The van der Waals surface area contributed by atoms with E-state index in [0.29, 0.717) is 0 Å². The molecular weight excluding hydrogens is 257 g/mol. The van der Waals surface area contributed by atoms with Gasteiger partial charge in [0.1, 0.15) is 0 Å². The van der Waals surface area contributed by atoms with Crippen molar-refractivity contribution < 1.29 is 18.0 Å². The molecule has 3 N–H and O–H groups in total. The number of halogens is 4. The van der Waals surface area contributed by atoms with Crippen molar-refractivity contribution in [3.05, 3.63) is 29.8 Å². The van der Waals surface area contributed by atoms with Crippen LogP contribution >= 0.6 is 12.4 Å². The van der Waals surface area contributed by atoms with E-state index in [9.17, 15) is 18.0 Å². The Balaban J connectivity index is 0.00000256. The quantitative estimate of drug-likeness (QED) is 0.865. The Labute approximate surface area is 103 Å². The Morgan fingerprint density at radius 1 is 1.29 bits per heavy atom. The first-order chi connectivity index (χ1) is 7.30. The van der Waals surface area contributed by atoms with Gasteiger partial charge >= 0.3 is 6.18 Å². The van der Waals surface area contributed by atoms with Gasteiger partial charge in [0.25, 0.3) is 0 Å². The SMILES string of the molecule is C[C@H](N)C(=O)Nc1ccc(C(F)(F)F)cc1.Cl. The fourth-order valence-electron chi connectivity index (χ4n) is 0.999. The predicted octanol–water partition coefficient (Wildman–Crippen LogP) is 2.41. The van der Waals surface area contributed by atoms with E-state index in [2.05, 4.69) is 5.32 Å². The zero-order valence-electron chi connectivity index (χ0n) is 8.91. The molecule has 0 aliphatic heterocycles. The number of amides is 1. The van der Waals surface area contributed by atoms with Crippen LogP contribution < -0.4 is 11.1 Å². The average molecular weight is 269 g/mol. The summed E-state index contributed by atoms with van der Waals surface area (Å²) in [6.07, 6.45) is -4.37. The van der Waals surface area contributed by atoms with Gasteiger partial charge in [-0.05, 0) is 31.2 Å². The van der Waals surface area contributed by atoms with Crippen molar-refractivity contribution in [2.75, 3.05) is 5.32 Å². The lowest BCUT2D eigenvalue weighted by molar-refractivity contribution is -0.137. The van der Waals surface area contributed by atoms with Crippen LogP contribution in [0.15, 0.2) is 24.3 Å². The molecule has 0 radical (unpaired) electrons. The van der Waals surface area contributed by atoms with Gasteiger partial charge in [-0.1, -0.05) is 0 Å². The number of nitrogens with two attached hydrogens (primary N) is 1. The van der Waals surface area contributed by atoms with Crippen molar-refractivity contribution >= 4 is 24.0 Å². The van der Waals surface area contributed by atoms with E-state index in [1.54, 1.807) is 0 Å². The molecule has 0 aromatic heterocycles. The number of hydrogen-bond donors (Lipinski definition) is 2. The Bertz CT molecular complexity index is 376. The molecule has 0 aliphatic rings. The van der Waals surface area contributed by atoms with Crippen LogP contribution in [0.4, 0.5) is 18.9 Å². The molecule has 1 aromatic rings. The first kappa shape index (κ1) is 15.7. The minimum Gasteiger partial charge on any atom is -0.325 e. The predicted molar refractivity (Wildman–Crippen MR) is 61.0 cm³/mol. The van der Waals surface area contributed by atoms with Gasteiger partial charge in [0.15, 0.2) is 0 Å². The van der Waals surface area contributed by atoms with Crippen LogP contribution in [0, 0.1) is 0 Å². The zero-order chi connectivity index (χ0) is 12.3. The van der Waals surface area contributed by atoms with Crippen molar-refractivity contribution in [1.82, 2.24) is 0 Å². The Hall–Kier alpha value is -1.27. The van der Waals surface area contributed by atoms with Crippen LogP contribution in [-0.4, -0.2) is 11.9 Å². The van der Waals surface area contributed by atoms with E-state index in [1.807, 2.05) is 0 Å². The second-order valence-electron chi connectivity index (χ2n) is 3.35. The summed E-state index contributed by atoms with van der Waals surface area (Å²) >= 11 is 0. The molecule has 1 atom stereocenters. The topological polar surface area (TPSA) is 55.1 Å². The number of anilines is 1. The second-order valence-corrected chi connectivity index (χ2v) is 3.35. The first-order valence-electron chi connectivity index (χ1n) is 4.54. The van der Waals surface area contributed by atoms with Crippen molar-refractivity contribution in [2.45, 2.75) is 19.1 Å². The monoisotopic (exact) mass is 268 g/mol. The Morgan fingerprint density at radius 3 is 2.12 bits per heavy atom. The van der Waals surface area contributed by atoms with E-state index in [4.69, 9.17) is 5.73 Å². The maximum absolute atomic E-state index is 12.2. The summed E-state index contributed by atoms with van der Waals surface area (Å²) < 4.78 is 36.6. The van der Waals surface area contributed by atoms with Gasteiger partial charge in [0.2, 0.25) is 5.91 Å². The molecule has 17 heavy (non-hydrogen) atoms. The van der Waals surface area contributed by atoms with Gasteiger partial charge in [-0.15, -0.1) is 12.4 Å². The second kappa shape index (κ2) is 5.88. The lowest BCUT2D eigenvalue weighted by Crippen LogP contribution is -2.32. The molecule has 0 aliphatic carbocycles. The summed E-state index contributed by atoms with van der Waals surface area (Å²) in [6, 6.07) is 3.46. The number of carbonyl (C=O) groups is 1. The molecule has 0 heterocycles. The van der Waals surface area contributed by atoms with Gasteiger partial charge in [-0.25, -0.2) is 0 Å². The van der Waals surface area contributed by atoms with E-state index in [0.717, 1.165) is 12.1 Å². The maximum Gasteiger partial charge on any atom is 0.416 e. The molecule has 0 unspecified atom stereocenters. The average Bonchev–Trinajstić information content (AvgIpc) is 2.17. The third kappa shape index (κ3) is 4.62. The molecule has 1 rings (SSSR count). The molecule has 0 saturated heterocycles. The molecule has 1 aromatic carbocycles. The van der Waals surface area contributed by atoms with Crippen LogP contribution in [0.3, 0.4) is 0 Å². The third-order valence-corrected chi connectivity index (χ3v) is 1.89. The number of benzene rings is 1. The molecular formula is C10H12ClF3N2O. The van der Waals surface area contributed by atoms with E-state index < -0.39 is 23.7 Å². The molecule has 1 amide bonds. The van der Waals surface area contributed by atoms with Gasteiger partial charge in [-0.2, -0.15) is 13.2 Å². The summed E-state index contributed by atoms with van der Waals surface area (Å²) in [7, 11) is 0. The summed E-state index contributed by atoms with van der Waals surface area (Å²) in [4.78, 5) is 11.1. The Morgan fingerprint density at radius 2 is 1.76 bits per heavy atom. The molecule has 7 heteroatoms. The van der Waals surface area contributed by atoms with E-state index in [1.165, 1.54) is 19.1 Å². The zero-order valence-corrected chi connectivity index (χ0v) is 9.73. The summed E-state index contributed by atoms with van der Waals surface area (Å²) in [6.45, 7) is 1.49. The summed E-state index contributed by atoms with van der Waals surface area (Å²) in [5, 5.41) is 2.39. The fraction of sp³-hybridized carbons (Fsp3) is 0.300. The minimum absolute atomic E-state index is 0. The van der Waals surface area contributed by atoms with Crippen LogP contribution in [-0.2, 0) is 11.0 Å². The number of rotatable bonds is 2. The number of nitrogens with one attached hydrogen (secondary N) is 1. The van der Waals surface area contributed by atoms with Gasteiger partial charge in [0, 0.05) is 5.69 Å². The van der Waals surface area contributed by atoms with Crippen molar-refractivity contribution in [2.24, 2.45) is 5.73 Å². The normalized spacial score (nSPS) is 12.5. The molecule has 3 nitrogen and oxygen atoms in total. The number of hydrogen-bond acceptors (Lipinski definition) is 2. The van der Waals surface area contributed by atoms with Gasteiger partial charge in [0.05, 0.1) is 11.6 Å². The molecule has 0 fully saturated rings. The smallest absolute Gasteiger partial charge is 0.325 e. The maximum atomic E-state index is 12.2. The van der Waals surface area contributed by atoms with Crippen LogP contribution in [0.25, 0.3) is 0 Å². The highest BCUT2D eigenvalue weighted by Crippen LogP contribution is 2.29. The molecule has 0 saturated carbocycles. The third-order valence-electron chi connectivity index (χ3n) is 1.89. The fourth-order valence-corrected chi connectivity index (χ4v) is 0.999. The minimum atomic E-state index is -4.37. The summed E-state index contributed by atoms with van der Waals surface area (Å²) in [5.74, 6) is -0.445. The molecule has 96 valence electrons. The standard InChI is InChI=1S/C10H11F3N2O.ClH/c1-6(14)9(16)15-8-4-2-7(3-5-8)10(11,12)13;/h2-6H,14H2,1H3,(H,15,16);1H/t6-;/m0./s1. The van der Waals surface area contributed by atoms with Crippen molar-refractivity contribution in [3.63, 3.8) is 0 Å². The summed E-state index contributed by atoms with van der Waals surface area (Å²) in [5.41, 5.74) is 4.82. The van der Waals surface area contributed by atoms with Gasteiger partial charge in [-0.3, -0.25) is 4.79 Å². The van der Waals surface area contributed by atoms with Crippen molar-refractivity contribution in [1.29, 1.82) is 0 Å². The largest absolute Gasteiger partial charge is 0.416 e. The lowest BCUT2D eigenvalue weighted by atomic mass is 10.2. The van der Waals surface area contributed by atoms with Crippen LogP contribution in [0.2, 0.25) is 0 Å². The van der Waals surface area contributed by atoms with Gasteiger partial charge < -0.3 is 11.1 Å². The highest BCUT2D eigenvalue weighted by atomic mass is 35.5. The van der Waals surface area contributed by atoms with Crippen LogP contribution in [0.1, 0.15) is 12.5 Å². The number of carbonyl (C=O) groups excluding carboxylic acids is 1.